The maximum atomic E-state index is 13.0. The van der Waals surface area contributed by atoms with Crippen LogP contribution in [0.25, 0.3) is 0 Å². The molecule has 0 aromatic heterocycles. The number of nitrogens with zero attached hydrogens (tertiary/aromatic N) is 2. The smallest absolute Gasteiger partial charge is 0.415 e. The average Bonchev–Trinajstić information content (AvgIpc) is 3.20. The quantitative estimate of drug-likeness (QED) is 0.554. The van der Waals surface area contributed by atoms with Crippen LogP contribution in [0, 0.1) is 5.92 Å². The summed E-state index contributed by atoms with van der Waals surface area (Å²) in [6, 6.07) is 8.02. The fraction of sp³-hybridized carbons (Fsp3) is 0.455. The lowest BCUT2D eigenvalue weighted by atomic mass is 9.60. The van der Waals surface area contributed by atoms with Crippen LogP contribution >= 0.6 is 0 Å². The maximum absolute atomic E-state index is 13.0. The van der Waals surface area contributed by atoms with Crippen LogP contribution in [0.1, 0.15) is 25.3 Å². The topological polar surface area (TPSA) is 59.1 Å². The van der Waals surface area contributed by atoms with Crippen LogP contribution in [-0.4, -0.2) is 49.9 Å². The average molecular weight is 380 g/mol. The van der Waals surface area contributed by atoms with Gasteiger partial charge in [0, 0.05) is 24.6 Å². The first-order valence-corrected chi connectivity index (χ1v) is 9.73. The van der Waals surface area contributed by atoms with Crippen molar-refractivity contribution in [3.63, 3.8) is 0 Å². The second-order valence-corrected chi connectivity index (χ2v) is 7.99. The van der Waals surface area contributed by atoms with Crippen molar-refractivity contribution in [3.8, 4) is 0 Å². The number of hydrogen-bond donors (Lipinski definition) is 0. The Labute approximate surface area is 164 Å². The molecule has 5 rings (SSSR count). The molecule has 1 amide bonds. The Bertz CT molecular complexity index is 952. The van der Waals surface area contributed by atoms with Gasteiger partial charge in [0.15, 0.2) is 0 Å². The third-order valence-electron chi connectivity index (χ3n) is 7.25. The van der Waals surface area contributed by atoms with E-state index < -0.39 is 11.1 Å². The molecule has 2 saturated heterocycles. The zero-order chi connectivity index (χ0) is 19.7. The Kier molecular flexibility index (Phi) is 3.56. The van der Waals surface area contributed by atoms with Gasteiger partial charge in [0.1, 0.15) is 5.66 Å². The van der Waals surface area contributed by atoms with E-state index in [-0.39, 0.29) is 18.0 Å². The SMILES string of the molecule is C/C=C1/CN2CC[C@]34C=C(C(=O)OC)[C@H]1C[C@]23N(C(=O)OC)c1ccccc14. The largest absolute Gasteiger partial charge is 0.466 e. The molecule has 0 radical (unpaired) electrons. The minimum Gasteiger partial charge on any atom is -0.466 e. The summed E-state index contributed by atoms with van der Waals surface area (Å²) in [5, 5.41) is 0. The number of methoxy groups -OCH3 is 2. The predicted molar refractivity (Wildman–Crippen MR) is 104 cm³/mol. The Morgan fingerprint density at radius 1 is 1.21 bits per heavy atom. The van der Waals surface area contributed by atoms with E-state index in [4.69, 9.17) is 9.47 Å². The molecule has 3 heterocycles. The van der Waals surface area contributed by atoms with Gasteiger partial charge in [0.25, 0.3) is 0 Å². The van der Waals surface area contributed by atoms with Crippen LogP contribution in [0.2, 0.25) is 0 Å². The molecule has 0 N–H and O–H groups in total. The van der Waals surface area contributed by atoms with Crippen LogP contribution < -0.4 is 4.90 Å². The number of piperidine rings is 1. The summed E-state index contributed by atoms with van der Waals surface area (Å²) in [4.78, 5) is 30.0. The first kappa shape index (κ1) is 17.5. The number of carbonyl (C=O) groups excluding carboxylic acids is 2. The van der Waals surface area contributed by atoms with Crippen molar-refractivity contribution in [2.45, 2.75) is 30.8 Å². The zero-order valence-electron chi connectivity index (χ0n) is 16.4. The van der Waals surface area contributed by atoms with Crippen molar-refractivity contribution in [1.29, 1.82) is 0 Å². The van der Waals surface area contributed by atoms with Crippen LogP contribution in [0.3, 0.4) is 0 Å². The van der Waals surface area contributed by atoms with E-state index in [1.54, 1.807) is 0 Å². The summed E-state index contributed by atoms with van der Waals surface area (Å²) in [6.07, 6.45) is 5.37. The fourth-order valence-electron chi connectivity index (χ4n) is 6.17. The van der Waals surface area contributed by atoms with Crippen LogP contribution in [-0.2, 0) is 19.7 Å². The van der Waals surface area contributed by atoms with Gasteiger partial charge in [0.05, 0.1) is 25.3 Å². The number of para-hydroxylation sites is 1. The van der Waals surface area contributed by atoms with Gasteiger partial charge in [-0.2, -0.15) is 0 Å². The van der Waals surface area contributed by atoms with E-state index in [2.05, 4.69) is 23.1 Å². The molecule has 6 nitrogen and oxygen atoms in total. The third-order valence-corrected chi connectivity index (χ3v) is 7.25. The maximum Gasteiger partial charge on any atom is 0.415 e. The fourth-order valence-corrected chi connectivity index (χ4v) is 6.17. The lowest BCUT2D eigenvalue weighted by Gasteiger charge is -2.56. The molecular weight excluding hydrogens is 356 g/mol. The molecule has 0 unspecified atom stereocenters. The van der Waals surface area contributed by atoms with E-state index in [0.717, 1.165) is 30.8 Å². The summed E-state index contributed by atoms with van der Waals surface area (Å²) < 4.78 is 10.4. The lowest BCUT2D eigenvalue weighted by Crippen LogP contribution is -2.69. The second-order valence-electron chi connectivity index (χ2n) is 7.99. The van der Waals surface area contributed by atoms with Crippen molar-refractivity contribution in [2.24, 2.45) is 5.92 Å². The molecular formula is C22H24N2O4. The van der Waals surface area contributed by atoms with E-state index >= 15 is 0 Å². The predicted octanol–water partition coefficient (Wildman–Crippen LogP) is 2.99. The molecule has 3 aliphatic heterocycles. The molecule has 28 heavy (non-hydrogen) atoms. The summed E-state index contributed by atoms with van der Waals surface area (Å²) in [5.41, 5.74) is 2.92. The summed E-state index contributed by atoms with van der Waals surface area (Å²) in [7, 11) is 2.87. The molecule has 1 aromatic rings. The molecule has 1 aromatic carbocycles. The second kappa shape index (κ2) is 5.70. The minimum atomic E-state index is -0.543. The highest BCUT2D eigenvalue weighted by Gasteiger charge is 2.72. The molecule has 0 saturated carbocycles. The number of hydrogen-bond acceptors (Lipinski definition) is 5. The summed E-state index contributed by atoms with van der Waals surface area (Å²) >= 11 is 0. The van der Waals surface area contributed by atoms with Crippen molar-refractivity contribution in [3.05, 3.63) is 53.1 Å². The number of rotatable bonds is 1. The number of fused-ring (bicyclic) bond motifs is 2. The van der Waals surface area contributed by atoms with Crippen molar-refractivity contribution in [1.82, 2.24) is 4.90 Å². The van der Waals surface area contributed by atoms with Gasteiger partial charge >= 0.3 is 12.1 Å². The Balaban J connectivity index is 1.84. The monoisotopic (exact) mass is 380 g/mol. The summed E-state index contributed by atoms with van der Waals surface area (Å²) in [5.74, 6) is -0.330. The Morgan fingerprint density at radius 2 is 2.00 bits per heavy atom. The van der Waals surface area contributed by atoms with Crippen molar-refractivity contribution in [2.75, 3.05) is 32.2 Å². The number of ether oxygens (including phenoxy) is 2. The molecule has 1 aliphatic carbocycles. The normalized spacial score (nSPS) is 34.0. The number of benzene rings is 1. The van der Waals surface area contributed by atoms with E-state index in [0.29, 0.717) is 12.0 Å². The van der Waals surface area contributed by atoms with Crippen molar-refractivity contribution < 1.29 is 19.1 Å². The highest BCUT2D eigenvalue weighted by Crippen LogP contribution is 2.66. The van der Waals surface area contributed by atoms with E-state index in [9.17, 15) is 9.59 Å². The third kappa shape index (κ3) is 1.77. The molecule has 6 heteroatoms. The van der Waals surface area contributed by atoms with Gasteiger partial charge in [-0.05, 0) is 31.4 Å². The standard InChI is InChI=1S/C22H24N2O4/c1-4-14-13-23-10-9-21-11-16(19(25)27-2)15(14)12-22(21,23)24(20(26)28-3)18-8-6-5-7-17(18)21/h4-8,11,15H,9-10,12-13H2,1-3H3/b14-4-/t15-,21+,22+/m0/s1. The highest BCUT2D eigenvalue weighted by molar-refractivity contribution is 5.97. The van der Waals surface area contributed by atoms with E-state index in [1.807, 2.05) is 30.0 Å². The number of amides is 1. The van der Waals surface area contributed by atoms with Crippen LogP contribution in [0.5, 0.6) is 0 Å². The first-order valence-electron chi connectivity index (χ1n) is 9.73. The van der Waals surface area contributed by atoms with Gasteiger partial charge in [-0.25, -0.2) is 9.59 Å². The number of anilines is 1. The molecule has 3 atom stereocenters. The van der Waals surface area contributed by atoms with Gasteiger partial charge < -0.3 is 9.47 Å². The Hall–Kier alpha value is -2.60. The van der Waals surface area contributed by atoms with Gasteiger partial charge in [-0.1, -0.05) is 35.9 Å². The number of allylic oxidation sites excluding steroid dienone is 1. The van der Waals surface area contributed by atoms with Gasteiger partial charge in [0.2, 0.25) is 0 Å². The molecule has 4 aliphatic rings. The zero-order valence-corrected chi connectivity index (χ0v) is 16.4. The van der Waals surface area contributed by atoms with Gasteiger partial charge in [-0.15, -0.1) is 0 Å². The molecule has 146 valence electrons. The van der Waals surface area contributed by atoms with Crippen LogP contribution in [0.15, 0.2) is 47.6 Å². The molecule has 1 spiro atoms. The van der Waals surface area contributed by atoms with Crippen LogP contribution in [0.4, 0.5) is 10.5 Å². The highest BCUT2D eigenvalue weighted by atomic mass is 16.5. The molecule has 2 bridgehead atoms. The molecule has 2 fully saturated rings. The van der Waals surface area contributed by atoms with Crippen molar-refractivity contribution >= 4 is 17.7 Å². The number of esters is 1. The van der Waals surface area contributed by atoms with E-state index in [1.165, 1.54) is 19.8 Å². The lowest BCUT2D eigenvalue weighted by molar-refractivity contribution is -0.137. The number of carbonyl (C=O) groups is 2. The first-order chi connectivity index (χ1) is 13.5. The Morgan fingerprint density at radius 3 is 2.71 bits per heavy atom. The minimum absolute atomic E-state index is 0.0543. The summed E-state index contributed by atoms with van der Waals surface area (Å²) in [6.45, 7) is 3.61. The van der Waals surface area contributed by atoms with Gasteiger partial charge in [-0.3, -0.25) is 9.80 Å².